The molecule has 3 aromatic carbocycles. The number of nitrogens with zero attached hydrogens (tertiary/aromatic N) is 2. The predicted molar refractivity (Wildman–Crippen MR) is 128 cm³/mol. The van der Waals surface area contributed by atoms with Crippen LogP contribution in [0, 0.1) is 0 Å². The second kappa shape index (κ2) is 8.11. The molecule has 0 fully saturated rings. The van der Waals surface area contributed by atoms with Crippen molar-refractivity contribution in [2.75, 3.05) is 6.16 Å². The summed E-state index contributed by atoms with van der Waals surface area (Å²) in [5, 5.41) is 2.74. The third-order valence-electron chi connectivity index (χ3n) is 6.07. The van der Waals surface area contributed by atoms with E-state index < -0.39 is 7.14 Å². The molecule has 0 saturated heterocycles. The van der Waals surface area contributed by atoms with Crippen molar-refractivity contribution in [2.45, 2.75) is 25.3 Å². The van der Waals surface area contributed by atoms with Crippen molar-refractivity contribution in [3.05, 3.63) is 100 Å². The lowest BCUT2D eigenvalue weighted by molar-refractivity contribution is 0.446. The van der Waals surface area contributed by atoms with Gasteiger partial charge in [0.25, 0.3) is 5.56 Å². The van der Waals surface area contributed by atoms with Crippen molar-refractivity contribution in [3.63, 3.8) is 0 Å². The van der Waals surface area contributed by atoms with Gasteiger partial charge < -0.3 is 4.57 Å². The van der Waals surface area contributed by atoms with E-state index in [0.717, 1.165) is 29.3 Å². The van der Waals surface area contributed by atoms with Gasteiger partial charge in [-0.1, -0.05) is 72.3 Å². The molecule has 0 saturated carbocycles. The molecule has 156 valence electrons. The molecule has 6 heteroatoms. The average Bonchev–Trinajstić information content (AvgIpc) is 2.81. The minimum Gasteiger partial charge on any atom is -0.314 e. The zero-order valence-corrected chi connectivity index (χ0v) is 18.6. The number of aromatic nitrogens is 2. The van der Waals surface area contributed by atoms with Gasteiger partial charge in [0.2, 0.25) is 0 Å². The third-order valence-corrected chi connectivity index (χ3v) is 9.52. The Morgan fingerprint density at radius 2 is 1.61 bits per heavy atom. The highest BCUT2D eigenvalue weighted by atomic mass is 35.5. The number of fused-ring (bicyclic) bond motifs is 2. The van der Waals surface area contributed by atoms with E-state index >= 15 is 0 Å². The number of halogens is 1. The van der Waals surface area contributed by atoms with Gasteiger partial charge in [-0.25, -0.2) is 4.98 Å². The van der Waals surface area contributed by atoms with Gasteiger partial charge in [0.05, 0.1) is 10.9 Å². The van der Waals surface area contributed by atoms with E-state index in [0.29, 0.717) is 28.6 Å². The minimum absolute atomic E-state index is 0.0622. The summed E-state index contributed by atoms with van der Waals surface area (Å²) >= 11 is 6.11. The molecular formula is C25H22ClN2O2P. The Balaban J connectivity index is 1.64. The van der Waals surface area contributed by atoms with Gasteiger partial charge in [0, 0.05) is 34.3 Å². The SMILES string of the molecule is O=c1c2cc(Cl)ccc2nc2n1CCCC2CP(=O)(c1ccccc1)c1ccccc1. The van der Waals surface area contributed by atoms with E-state index in [1.54, 1.807) is 22.8 Å². The molecule has 0 radical (unpaired) electrons. The molecule has 0 bridgehead atoms. The van der Waals surface area contributed by atoms with Gasteiger partial charge >= 0.3 is 0 Å². The second-order valence-corrected chi connectivity index (χ2v) is 11.3. The molecule has 1 atom stereocenters. The standard InChI is InChI=1S/C25H22ClN2O2P/c26-19-13-14-23-22(16-19)25(29)28-15-7-8-18(24(28)27-23)17-31(30,20-9-3-1-4-10-20)21-11-5-2-6-12-21/h1-6,9-14,16,18H,7-8,15,17H2. The van der Waals surface area contributed by atoms with E-state index in [-0.39, 0.29) is 11.5 Å². The molecule has 4 nitrogen and oxygen atoms in total. The number of benzene rings is 3. The quantitative estimate of drug-likeness (QED) is 0.415. The minimum atomic E-state index is -2.91. The van der Waals surface area contributed by atoms with Crippen LogP contribution in [-0.2, 0) is 11.1 Å². The van der Waals surface area contributed by atoms with E-state index in [2.05, 4.69) is 0 Å². The van der Waals surface area contributed by atoms with Gasteiger partial charge in [-0.15, -0.1) is 0 Å². The summed E-state index contributed by atoms with van der Waals surface area (Å²) in [6.45, 7) is 0.626. The molecule has 1 unspecified atom stereocenters. The van der Waals surface area contributed by atoms with Crippen molar-refractivity contribution in [1.29, 1.82) is 0 Å². The average molecular weight is 449 g/mol. The van der Waals surface area contributed by atoms with Crippen LogP contribution in [0.15, 0.2) is 83.7 Å². The molecule has 2 heterocycles. The normalized spacial score (nSPS) is 16.2. The molecule has 1 aromatic heterocycles. The summed E-state index contributed by atoms with van der Waals surface area (Å²) in [4.78, 5) is 18.0. The molecule has 1 aliphatic heterocycles. The summed E-state index contributed by atoms with van der Waals surface area (Å²) in [5.41, 5.74) is 0.572. The lowest BCUT2D eigenvalue weighted by atomic mass is 10.00. The lowest BCUT2D eigenvalue weighted by Crippen LogP contribution is -2.33. The molecular weight excluding hydrogens is 427 g/mol. The Bertz CT molecular complexity index is 1310. The summed E-state index contributed by atoms with van der Waals surface area (Å²) in [7, 11) is -2.91. The number of hydrogen-bond acceptors (Lipinski definition) is 3. The van der Waals surface area contributed by atoms with Crippen LogP contribution in [0.2, 0.25) is 5.02 Å². The summed E-state index contributed by atoms with van der Waals surface area (Å²) in [6, 6.07) is 24.6. The van der Waals surface area contributed by atoms with E-state index in [9.17, 15) is 9.36 Å². The van der Waals surface area contributed by atoms with Gasteiger partial charge in [-0.3, -0.25) is 9.36 Å². The van der Waals surface area contributed by atoms with Crippen molar-refractivity contribution < 1.29 is 4.57 Å². The molecule has 0 N–H and O–H groups in total. The van der Waals surface area contributed by atoms with Crippen molar-refractivity contribution in [1.82, 2.24) is 9.55 Å². The highest BCUT2D eigenvalue weighted by molar-refractivity contribution is 7.78. The number of rotatable bonds is 4. The Kier molecular flexibility index (Phi) is 5.29. The van der Waals surface area contributed by atoms with Crippen LogP contribution in [0.5, 0.6) is 0 Å². The van der Waals surface area contributed by atoms with Gasteiger partial charge in [-0.2, -0.15) is 0 Å². The highest BCUT2D eigenvalue weighted by Gasteiger charge is 2.34. The molecule has 0 amide bonds. The fraction of sp³-hybridized carbons (Fsp3) is 0.200. The molecule has 0 aliphatic carbocycles. The molecule has 5 rings (SSSR count). The van der Waals surface area contributed by atoms with Crippen LogP contribution in [0.4, 0.5) is 0 Å². The first kappa shape index (κ1) is 20.2. The van der Waals surface area contributed by atoms with Gasteiger partial charge in [-0.05, 0) is 31.0 Å². The van der Waals surface area contributed by atoms with Crippen LogP contribution in [0.25, 0.3) is 10.9 Å². The molecule has 4 aromatic rings. The number of hydrogen-bond donors (Lipinski definition) is 0. The largest absolute Gasteiger partial charge is 0.314 e. The highest BCUT2D eigenvalue weighted by Crippen LogP contribution is 2.48. The van der Waals surface area contributed by atoms with E-state index in [1.165, 1.54) is 0 Å². The Hall–Kier alpha value is -2.68. The zero-order valence-electron chi connectivity index (χ0n) is 16.9. The van der Waals surface area contributed by atoms with Gasteiger partial charge in [0.15, 0.2) is 0 Å². The maximum Gasteiger partial charge on any atom is 0.261 e. The smallest absolute Gasteiger partial charge is 0.261 e. The monoisotopic (exact) mass is 448 g/mol. The maximum atomic E-state index is 14.6. The van der Waals surface area contributed by atoms with E-state index in [1.807, 2.05) is 60.7 Å². The summed E-state index contributed by atoms with van der Waals surface area (Å²) < 4.78 is 16.3. The summed E-state index contributed by atoms with van der Waals surface area (Å²) in [5.74, 6) is 0.672. The Morgan fingerprint density at radius 3 is 2.26 bits per heavy atom. The maximum absolute atomic E-state index is 14.6. The first-order chi connectivity index (χ1) is 15.1. The lowest BCUT2D eigenvalue weighted by Gasteiger charge is -2.30. The topological polar surface area (TPSA) is 52.0 Å². The van der Waals surface area contributed by atoms with Crippen LogP contribution >= 0.6 is 18.7 Å². The van der Waals surface area contributed by atoms with Crippen LogP contribution < -0.4 is 16.2 Å². The van der Waals surface area contributed by atoms with Gasteiger partial charge in [0.1, 0.15) is 13.0 Å². The van der Waals surface area contributed by atoms with Crippen LogP contribution in [0.3, 0.4) is 0 Å². The van der Waals surface area contributed by atoms with Crippen molar-refractivity contribution in [3.8, 4) is 0 Å². The fourth-order valence-electron chi connectivity index (χ4n) is 4.54. The first-order valence-corrected chi connectivity index (χ1v) is 12.7. The molecule has 31 heavy (non-hydrogen) atoms. The fourth-order valence-corrected chi connectivity index (χ4v) is 7.71. The van der Waals surface area contributed by atoms with E-state index in [4.69, 9.17) is 16.6 Å². The van der Waals surface area contributed by atoms with Crippen LogP contribution in [-0.4, -0.2) is 15.7 Å². The third kappa shape index (κ3) is 3.64. The van der Waals surface area contributed by atoms with Crippen LogP contribution in [0.1, 0.15) is 24.6 Å². The second-order valence-electron chi connectivity index (χ2n) is 8.02. The van der Waals surface area contributed by atoms with Crippen molar-refractivity contribution in [2.24, 2.45) is 0 Å². The predicted octanol–water partition coefficient (Wildman–Crippen LogP) is 4.94. The first-order valence-electron chi connectivity index (χ1n) is 10.5. The molecule has 1 aliphatic rings. The Labute approximate surface area is 185 Å². The molecule has 0 spiro atoms. The van der Waals surface area contributed by atoms with Crippen molar-refractivity contribution >= 4 is 40.3 Å². The Morgan fingerprint density at radius 1 is 0.968 bits per heavy atom. The summed E-state index contributed by atoms with van der Waals surface area (Å²) in [6.07, 6.45) is 2.16. The zero-order chi connectivity index (χ0) is 21.4.